The van der Waals surface area contributed by atoms with E-state index in [1.54, 1.807) is 18.3 Å². The van der Waals surface area contributed by atoms with E-state index >= 15 is 0 Å². The molecule has 1 fully saturated rings. The number of carbonyl (C=O) groups is 1. The van der Waals surface area contributed by atoms with Crippen molar-refractivity contribution in [3.8, 4) is 11.3 Å². The van der Waals surface area contributed by atoms with Crippen LogP contribution in [0.3, 0.4) is 0 Å². The Labute approximate surface area is 212 Å². The number of rotatable bonds is 6. The molecule has 2 unspecified atom stereocenters. The van der Waals surface area contributed by atoms with E-state index in [4.69, 9.17) is 0 Å². The summed E-state index contributed by atoms with van der Waals surface area (Å²) < 4.78 is 41.4. The molecular weight excluding hydrogens is 481 g/mol. The van der Waals surface area contributed by atoms with Crippen molar-refractivity contribution < 1.29 is 18.0 Å². The number of aromatic amines is 1. The number of aromatic nitrogens is 4. The van der Waals surface area contributed by atoms with Crippen LogP contribution in [0.15, 0.2) is 54.9 Å². The van der Waals surface area contributed by atoms with E-state index in [0.717, 1.165) is 30.3 Å². The quantitative estimate of drug-likeness (QED) is 0.385. The van der Waals surface area contributed by atoms with Crippen LogP contribution in [0.2, 0.25) is 0 Å². The topological polar surface area (TPSA) is 86.8 Å². The van der Waals surface area contributed by atoms with Gasteiger partial charge in [0.05, 0.1) is 11.1 Å². The van der Waals surface area contributed by atoms with Crippen LogP contribution in [0.25, 0.3) is 22.3 Å². The van der Waals surface area contributed by atoms with Gasteiger partial charge in [0.2, 0.25) is 0 Å². The van der Waals surface area contributed by atoms with Crippen LogP contribution in [0.4, 0.5) is 13.2 Å². The highest BCUT2D eigenvalue weighted by molar-refractivity contribution is 6.00. The average Bonchev–Trinajstić information content (AvgIpc) is 3.47. The van der Waals surface area contributed by atoms with Gasteiger partial charge in [-0.25, -0.2) is 4.98 Å². The predicted octanol–water partition coefficient (Wildman–Crippen LogP) is 4.95. The van der Waals surface area contributed by atoms with Gasteiger partial charge < -0.3 is 10.2 Å². The van der Waals surface area contributed by atoms with Crippen molar-refractivity contribution in [2.75, 3.05) is 19.6 Å². The standard InChI is InChI=1S/C27H27F3N6O/c1-3-10-36-14-21(19-6-4-5-7-22(19)27(28,29)30)23(15-36)33-26(37)18-12-20-24(34-35-25(20)32-13-18)17-8-9-31-16(2)11-17/h4-9,11-13,21,23H,3,10,14-15H2,1-2H3,(H,33,37)(H,32,34,35). The van der Waals surface area contributed by atoms with Gasteiger partial charge in [-0.05, 0) is 49.7 Å². The second-order valence-corrected chi connectivity index (χ2v) is 9.41. The number of halogens is 3. The summed E-state index contributed by atoms with van der Waals surface area (Å²) in [7, 11) is 0. The monoisotopic (exact) mass is 508 g/mol. The van der Waals surface area contributed by atoms with Crippen LogP contribution in [-0.4, -0.2) is 56.6 Å². The van der Waals surface area contributed by atoms with Gasteiger partial charge in [-0.15, -0.1) is 0 Å². The summed E-state index contributed by atoms with van der Waals surface area (Å²) in [5, 5.41) is 10.9. The van der Waals surface area contributed by atoms with Crippen molar-refractivity contribution >= 4 is 16.9 Å². The number of pyridine rings is 2. The molecule has 5 rings (SSSR count). The number of benzene rings is 1. The van der Waals surface area contributed by atoms with E-state index in [9.17, 15) is 18.0 Å². The van der Waals surface area contributed by atoms with E-state index in [1.165, 1.54) is 18.3 Å². The van der Waals surface area contributed by atoms with Crippen LogP contribution < -0.4 is 5.32 Å². The molecule has 192 valence electrons. The van der Waals surface area contributed by atoms with Crippen LogP contribution in [0.5, 0.6) is 0 Å². The second-order valence-electron chi connectivity index (χ2n) is 9.41. The lowest BCUT2D eigenvalue weighted by Gasteiger charge is -2.23. The first kappa shape index (κ1) is 24.9. The molecule has 37 heavy (non-hydrogen) atoms. The fourth-order valence-corrected chi connectivity index (χ4v) is 5.12. The highest BCUT2D eigenvalue weighted by Crippen LogP contribution is 2.38. The zero-order valence-electron chi connectivity index (χ0n) is 20.5. The Bertz CT molecular complexity index is 1430. The summed E-state index contributed by atoms with van der Waals surface area (Å²) in [6.45, 7) is 5.56. The third-order valence-electron chi connectivity index (χ3n) is 6.77. The molecule has 1 aromatic carbocycles. The zero-order valence-corrected chi connectivity index (χ0v) is 20.5. The number of amides is 1. The maximum absolute atomic E-state index is 13.8. The van der Waals surface area contributed by atoms with Crippen LogP contribution >= 0.6 is 0 Å². The fourth-order valence-electron chi connectivity index (χ4n) is 5.12. The Morgan fingerprint density at radius 1 is 1.16 bits per heavy atom. The first-order valence-corrected chi connectivity index (χ1v) is 12.2. The molecule has 0 saturated carbocycles. The summed E-state index contributed by atoms with van der Waals surface area (Å²) in [6, 6.07) is 10.6. The minimum atomic E-state index is -4.47. The molecule has 1 aliphatic rings. The molecule has 2 N–H and O–H groups in total. The number of hydrogen-bond donors (Lipinski definition) is 2. The molecule has 0 aliphatic carbocycles. The molecule has 0 spiro atoms. The zero-order chi connectivity index (χ0) is 26.2. The number of aryl methyl sites for hydroxylation is 1. The summed E-state index contributed by atoms with van der Waals surface area (Å²) in [5.41, 5.74) is 2.72. The SMILES string of the molecule is CCCN1CC(NC(=O)c2cnc3[nH]nc(-c4ccnc(C)c4)c3c2)C(c2ccccc2C(F)(F)F)C1. The van der Waals surface area contributed by atoms with Crippen LogP contribution in [0.1, 0.15) is 46.4 Å². The van der Waals surface area contributed by atoms with Gasteiger partial charge in [0.25, 0.3) is 5.91 Å². The smallest absolute Gasteiger partial charge is 0.347 e. The van der Waals surface area contributed by atoms with Gasteiger partial charge in [-0.3, -0.25) is 14.9 Å². The van der Waals surface area contributed by atoms with Crippen molar-refractivity contribution in [2.24, 2.45) is 0 Å². The van der Waals surface area contributed by atoms with Crippen molar-refractivity contribution in [1.29, 1.82) is 0 Å². The number of nitrogens with zero attached hydrogens (tertiary/aromatic N) is 4. The third-order valence-corrected chi connectivity index (χ3v) is 6.77. The number of likely N-dealkylation sites (tertiary alicyclic amines) is 1. The molecule has 0 bridgehead atoms. The average molecular weight is 509 g/mol. The number of fused-ring (bicyclic) bond motifs is 1. The van der Waals surface area contributed by atoms with Crippen molar-refractivity contribution in [3.05, 3.63) is 77.2 Å². The maximum Gasteiger partial charge on any atom is 0.416 e. The normalized spacial score (nSPS) is 18.4. The summed E-state index contributed by atoms with van der Waals surface area (Å²) in [6.07, 6.45) is -0.459. The van der Waals surface area contributed by atoms with Gasteiger partial charge in [0.15, 0.2) is 5.65 Å². The number of nitrogens with one attached hydrogen (secondary N) is 2. The Hall–Kier alpha value is -3.79. The number of carbonyl (C=O) groups excluding carboxylic acids is 1. The first-order valence-electron chi connectivity index (χ1n) is 12.2. The molecule has 7 nitrogen and oxygen atoms in total. The fraction of sp³-hybridized carbons (Fsp3) is 0.333. The molecule has 3 aromatic heterocycles. The Morgan fingerprint density at radius 2 is 1.97 bits per heavy atom. The van der Waals surface area contributed by atoms with E-state index in [-0.39, 0.29) is 11.5 Å². The van der Waals surface area contributed by atoms with Gasteiger partial charge in [0.1, 0.15) is 5.69 Å². The molecule has 1 amide bonds. The van der Waals surface area contributed by atoms with E-state index in [0.29, 0.717) is 35.4 Å². The predicted molar refractivity (Wildman–Crippen MR) is 134 cm³/mol. The highest BCUT2D eigenvalue weighted by atomic mass is 19.4. The summed E-state index contributed by atoms with van der Waals surface area (Å²) in [5.74, 6) is -0.875. The lowest BCUT2D eigenvalue weighted by Crippen LogP contribution is -2.40. The van der Waals surface area contributed by atoms with Crippen molar-refractivity contribution in [1.82, 2.24) is 30.4 Å². The first-order chi connectivity index (χ1) is 17.7. The van der Waals surface area contributed by atoms with Gasteiger partial charge in [0, 0.05) is 54.1 Å². The van der Waals surface area contributed by atoms with Gasteiger partial charge in [-0.1, -0.05) is 25.1 Å². The number of hydrogen-bond acceptors (Lipinski definition) is 5. The molecule has 2 atom stereocenters. The van der Waals surface area contributed by atoms with Gasteiger partial charge >= 0.3 is 6.18 Å². The second kappa shape index (κ2) is 9.93. The Balaban J connectivity index is 1.45. The molecule has 10 heteroatoms. The van der Waals surface area contributed by atoms with Gasteiger partial charge in [-0.2, -0.15) is 18.3 Å². The molecule has 1 saturated heterocycles. The Morgan fingerprint density at radius 3 is 2.73 bits per heavy atom. The lowest BCUT2D eigenvalue weighted by molar-refractivity contribution is -0.138. The molecule has 0 radical (unpaired) electrons. The molecule has 1 aliphatic heterocycles. The highest BCUT2D eigenvalue weighted by Gasteiger charge is 2.41. The van der Waals surface area contributed by atoms with E-state index in [2.05, 4.69) is 30.4 Å². The maximum atomic E-state index is 13.8. The summed E-state index contributed by atoms with van der Waals surface area (Å²) in [4.78, 5) is 24.0. The largest absolute Gasteiger partial charge is 0.416 e. The molecular formula is C27H27F3N6O. The Kier molecular flexibility index (Phi) is 6.68. The number of alkyl halides is 3. The minimum absolute atomic E-state index is 0.206. The lowest BCUT2D eigenvalue weighted by atomic mass is 9.90. The van der Waals surface area contributed by atoms with E-state index in [1.807, 2.05) is 26.0 Å². The van der Waals surface area contributed by atoms with E-state index < -0.39 is 23.7 Å². The summed E-state index contributed by atoms with van der Waals surface area (Å²) >= 11 is 0. The number of H-pyrrole nitrogens is 1. The molecule has 4 heterocycles. The van der Waals surface area contributed by atoms with Crippen LogP contribution in [0, 0.1) is 6.92 Å². The molecule has 4 aromatic rings. The third kappa shape index (κ3) is 5.06. The van der Waals surface area contributed by atoms with Crippen molar-refractivity contribution in [3.63, 3.8) is 0 Å². The van der Waals surface area contributed by atoms with Crippen LogP contribution in [-0.2, 0) is 6.18 Å². The van der Waals surface area contributed by atoms with Crippen molar-refractivity contribution in [2.45, 2.75) is 38.4 Å². The minimum Gasteiger partial charge on any atom is -0.347 e.